The van der Waals surface area contributed by atoms with Crippen LogP contribution in [-0.2, 0) is 4.79 Å². The molecule has 2 N–H and O–H groups in total. The Labute approximate surface area is 114 Å². The van der Waals surface area contributed by atoms with E-state index in [-0.39, 0.29) is 5.91 Å². The number of nitrogens with zero attached hydrogens (tertiary/aromatic N) is 1. The lowest BCUT2D eigenvalue weighted by molar-refractivity contribution is -0.119. The monoisotopic (exact) mass is 262 g/mol. The lowest BCUT2D eigenvalue weighted by Crippen LogP contribution is -2.36. The zero-order chi connectivity index (χ0) is 13.8. The van der Waals surface area contributed by atoms with E-state index < -0.39 is 6.10 Å². The van der Waals surface area contributed by atoms with Crippen molar-refractivity contribution in [2.45, 2.75) is 38.3 Å². The minimum absolute atomic E-state index is 0.0719. The molecule has 4 heteroatoms. The predicted octanol–water partition coefficient (Wildman–Crippen LogP) is 1.84. The molecule has 0 radical (unpaired) electrons. The van der Waals surface area contributed by atoms with Crippen LogP contribution in [-0.4, -0.2) is 30.6 Å². The number of aliphatic hydroxyl groups is 1. The van der Waals surface area contributed by atoms with E-state index in [2.05, 4.69) is 5.32 Å². The molecule has 0 unspecified atom stereocenters. The lowest BCUT2D eigenvalue weighted by atomic mass is 10.1. The summed E-state index contributed by atoms with van der Waals surface area (Å²) in [6, 6.07) is 8.12. The highest BCUT2D eigenvalue weighted by molar-refractivity contribution is 5.81. The number of carbonyl (C=O) groups excluding carboxylic acids is 1. The van der Waals surface area contributed by atoms with Gasteiger partial charge in [0.25, 0.3) is 0 Å². The molecule has 0 aliphatic heterocycles. The Hall–Kier alpha value is -1.55. The molecule has 1 aliphatic carbocycles. The number of hydrogen-bond acceptors (Lipinski definition) is 3. The van der Waals surface area contributed by atoms with Crippen LogP contribution in [0.15, 0.2) is 24.3 Å². The van der Waals surface area contributed by atoms with Crippen LogP contribution >= 0.6 is 0 Å². The number of carbonyl (C=O) groups is 1. The highest BCUT2D eigenvalue weighted by Crippen LogP contribution is 2.21. The SMILES string of the molecule is CC[C@@H](O)c1ccc(N(C)CC(=O)NC2CC2)cc1. The molecule has 19 heavy (non-hydrogen) atoms. The third-order valence-corrected chi connectivity index (χ3v) is 3.43. The Bertz CT molecular complexity index is 426. The van der Waals surface area contributed by atoms with E-state index in [1.165, 1.54) is 0 Å². The molecule has 2 rings (SSSR count). The summed E-state index contributed by atoms with van der Waals surface area (Å²) >= 11 is 0. The minimum Gasteiger partial charge on any atom is -0.388 e. The maximum Gasteiger partial charge on any atom is 0.239 e. The third kappa shape index (κ3) is 3.96. The quantitative estimate of drug-likeness (QED) is 0.822. The van der Waals surface area contributed by atoms with Gasteiger partial charge in [-0.3, -0.25) is 4.79 Å². The van der Waals surface area contributed by atoms with Gasteiger partial charge in [-0.15, -0.1) is 0 Å². The van der Waals surface area contributed by atoms with E-state index in [4.69, 9.17) is 0 Å². The maximum absolute atomic E-state index is 11.7. The molecule has 1 aliphatic rings. The molecule has 0 aromatic heterocycles. The summed E-state index contributed by atoms with van der Waals surface area (Å²) in [6.07, 6.45) is 2.52. The first kappa shape index (κ1) is 13.9. The van der Waals surface area contributed by atoms with Gasteiger partial charge in [0.15, 0.2) is 0 Å². The summed E-state index contributed by atoms with van der Waals surface area (Å²) in [5, 5.41) is 12.7. The van der Waals surface area contributed by atoms with Gasteiger partial charge in [0.1, 0.15) is 0 Å². The number of benzene rings is 1. The maximum atomic E-state index is 11.7. The van der Waals surface area contributed by atoms with Crippen molar-refractivity contribution < 1.29 is 9.90 Å². The van der Waals surface area contributed by atoms with Crippen molar-refractivity contribution in [1.82, 2.24) is 5.32 Å². The van der Waals surface area contributed by atoms with Crippen LogP contribution in [0.25, 0.3) is 0 Å². The molecular formula is C15H22N2O2. The predicted molar refractivity (Wildman–Crippen MR) is 76.1 cm³/mol. The van der Waals surface area contributed by atoms with Crippen molar-refractivity contribution in [3.05, 3.63) is 29.8 Å². The summed E-state index contributed by atoms with van der Waals surface area (Å²) in [7, 11) is 1.90. The molecular weight excluding hydrogens is 240 g/mol. The Kier molecular flexibility index (Phi) is 4.43. The van der Waals surface area contributed by atoms with Crippen molar-refractivity contribution >= 4 is 11.6 Å². The van der Waals surface area contributed by atoms with Crippen molar-refractivity contribution in [1.29, 1.82) is 0 Å². The fourth-order valence-electron chi connectivity index (χ4n) is 1.99. The molecule has 0 bridgehead atoms. The fourth-order valence-corrected chi connectivity index (χ4v) is 1.99. The minimum atomic E-state index is -0.405. The van der Waals surface area contributed by atoms with Gasteiger partial charge < -0.3 is 15.3 Å². The Balaban J connectivity index is 1.90. The summed E-state index contributed by atoms with van der Waals surface area (Å²) in [6.45, 7) is 2.32. The van der Waals surface area contributed by atoms with Crippen LogP contribution in [0.3, 0.4) is 0 Å². The molecule has 1 aromatic carbocycles. The molecule has 1 atom stereocenters. The summed E-state index contributed by atoms with van der Waals surface area (Å²) in [5.74, 6) is 0.0719. The lowest BCUT2D eigenvalue weighted by Gasteiger charge is -2.19. The Morgan fingerprint density at radius 3 is 2.58 bits per heavy atom. The number of rotatable bonds is 6. The van der Waals surface area contributed by atoms with E-state index >= 15 is 0 Å². The van der Waals surface area contributed by atoms with Gasteiger partial charge in [0, 0.05) is 18.8 Å². The van der Waals surface area contributed by atoms with Crippen molar-refractivity contribution in [2.75, 3.05) is 18.5 Å². The molecule has 4 nitrogen and oxygen atoms in total. The zero-order valence-electron chi connectivity index (χ0n) is 11.6. The van der Waals surface area contributed by atoms with E-state index in [0.717, 1.165) is 24.1 Å². The first-order valence-electron chi connectivity index (χ1n) is 6.88. The van der Waals surface area contributed by atoms with Crippen molar-refractivity contribution in [3.63, 3.8) is 0 Å². The van der Waals surface area contributed by atoms with Crippen LogP contribution in [0, 0.1) is 0 Å². The summed E-state index contributed by atoms with van der Waals surface area (Å²) in [5.41, 5.74) is 1.90. The molecule has 1 saturated carbocycles. The zero-order valence-corrected chi connectivity index (χ0v) is 11.6. The number of hydrogen-bond donors (Lipinski definition) is 2. The Morgan fingerprint density at radius 1 is 1.42 bits per heavy atom. The second-order valence-electron chi connectivity index (χ2n) is 5.21. The molecule has 1 fully saturated rings. The standard InChI is InChI=1S/C15H22N2O2/c1-3-14(18)11-4-8-13(9-5-11)17(2)10-15(19)16-12-6-7-12/h4-5,8-9,12,14,18H,3,6-7,10H2,1-2H3,(H,16,19)/t14-/m1/s1. The number of likely N-dealkylation sites (N-methyl/N-ethyl adjacent to an activating group) is 1. The molecule has 0 spiro atoms. The van der Waals surface area contributed by atoms with Crippen molar-refractivity contribution in [3.8, 4) is 0 Å². The first-order valence-corrected chi connectivity index (χ1v) is 6.88. The van der Waals surface area contributed by atoms with Gasteiger partial charge in [-0.05, 0) is 37.0 Å². The van der Waals surface area contributed by atoms with Gasteiger partial charge in [-0.25, -0.2) is 0 Å². The highest BCUT2D eigenvalue weighted by atomic mass is 16.3. The van der Waals surface area contributed by atoms with Gasteiger partial charge in [0.05, 0.1) is 12.6 Å². The number of anilines is 1. The smallest absolute Gasteiger partial charge is 0.239 e. The summed E-state index contributed by atoms with van der Waals surface area (Å²) < 4.78 is 0. The van der Waals surface area contributed by atoms with Gasteiger partial charge >= 0.3 is 0 Å². The van der Waals surface area contributed by atoms with E-state index in [1.54, 1.807) is 0 Å². The van der Waals surface area contributed by atoms with E-state index in [1.807, 2.05) is 43.1 Å². The Morgan fingerprint density at radius 2 is 2.05 bits per heavy atom. The average molecular weight is 262 g/mol. The molecule has 0 saturated heterocycles. The number of aliphatic hydroxyl groups excluding tert-OH is 1. The topological polar surface area (TPSA) is 52.6 Å². The van der Waals surface area contributed by atoms with Crippen LogP contribution in [0.1, 0.15) is 37.9 Å². The summed E-state index contributed by atoms with van der Waals surface area (Å²) in [4.78, 5) is 13.6. The normalized spacial score (nSPS) is 15.9. The highest BCUT2D eigenvalue weighted by Gasteiger charge is 2.23. The molecule has 1 amide bonds. The number of amides is 1. The van der Waals surface area contributed by atoms with Crippen molar-refractivity contribution in [2.24, 2.45) is 0 Å². The second-order valence-corrected chi connectivity index (χ2v) is 5.21. The molecule has 1 aromatic rings. The van der Waals surface area contributed by atoms with Crippen LogP contribution in [0.5, 0.6) is 0 Å². The van der Waals surface area contributed by atoms with Crippen LogP contribution in [0.2, 0.25) is 0 Å². The van der Waals surface area contributed by atoms with E-state index in [0.29, 0.717) is 19.0 Å². The van der Waals surface area contributed by atoms with Gasteiger partial charge in [-0.1, -0.05) is 19.1 Å². The molecule has 0 heterocycles. The van der Waals surface area contributed by atoms with Gasteiger partial charge in [0.2, 0.25) is 5.91 Å². The largest absolute Gasteiger partial charge is 0.388 e. The van der Waals surface area contributed by atoms with Crippen LogP contribution < -0.4 is 10.2 Å². The third-order valence-electron chi connectivity index (χ3n) is 3.43. The molecule has 104 valence electrons. The van der Waals surface area contributed by atoms with Crippen LogP contribution in [0.4, 0.5) is 5.69 Å². The number of nitrogens with one attached hydrogen (secondary N) is 1. The first-order chi connectivity index (χ1) is 9.10. The van der Waals surface area contributed by atoms with E-state index in [9.17, 15) is 9.90 Å². The van der Waals surface area contributed by atoms with Gasteiger partial charge in [-0.2, -0.15) is 0 Å². The second kappa shape index (κ2) is 6.06. The average Bonchev–Trinajstić information content (AvgIpc) is 3.21. The fraction of sp³-hybridized carbons (Fsp3) is 0.533.